The van der Waals surface area contributed by atoms with Gasteiger partial charge in [0.15, 0.2) is 0 Å². The molecule has 0 saturated carbocycles. The van der Waals surface area contributed by atoms with Gasteiger partial charge < -0.3 is 0 Å². The number of halogens is 1. The van der Waals surface area contributed by atoms with Gasteiger partial charge in [0.1, 0.15) is 12.4 Å². The summed E-state index contributed by atoms with van der Waals surface area (Å²) in [5.41, 5.74) is 4.34. The molecule has 0 heterocycles. The molecule has 2 rings (SSSR count). The summed E-state index contributed by atoms with van der Waals surface area (Å²) < 4.78 is 37.9. The van der Waals surface area contributed by atoms with Crippen LogP contribution in [0.3, 0.4) is 0 Å². The Hall–Kier alpha value is -2.74. The summed E-state index contributed by atoms with van der Waals surface area (Å²) in [6, 6.07) is 12.5. The van der Waals surface area contributed by atoms with E-state index >= 15 is 0 Å². The SMILES string of the molecule is CCc1ccc(N(CC(=O)N/N=C\c2ccc(F)cc2)S(C)(=O)=O)cc1. The van der Waals surface area contributed by atoms with Crippen molar-refractivity contribution in [1.82, 2.24) is 5.43 Å². The number of hydrogen-bond acceptors (Lipinski definition) is 4. The van der Waals surface area contributed by atoms with Gasteiger partial charge in [-0.1, -0.05) is 31.2 Å². The Morgan fingerprint density at radius 3 is 2.31 bits per heavy atom. The first-order chi connectivity index (χ1) is 12.3. The summed E-state index contributed by atoms with van der Waals surface area (Å²) in [7, 11) is -3.64. The standard InChI is InChI=1S/C18H20FN3O3S/c1-3-14-6-10-17(11-7-14)22(26(2,24)25)13-18(23)21-20-12-15-4-8-16(19)9-5-15/h4-12H,3,13H2,1-2H3,(H,21,23)/b20-12-. The third kappa shape index (κ3) is 5.66. The highest BCUT2D eigenvalue weighted by Crippen LogP contribution is 2.18. The van der Waals surface area contributed by atoms with E-state index in [4.69, 9.17) is 0 Å². The molecule has 0 atom stereocenters. The maximum Gasteiger partial charge on any atom is 0.260 e. The minimum Gasteiger partial charge on any atom is -0.271 e. The predicted molar refractivity (Wildman–Crippen MR) is 100 cm³/mol. The molecule has 0 saturated heterocycles. The van der Waals surface area contributed by atoms with E-state index in [1.165, 1.54) is 30.5 Å². The molecule has 0 aliphatic rings. The lowest BCUT2D eigenvalue weighted by atomic mass is 10.1. The number of nitrogens with one attached hydrogen (secondary N) is 1. The zero-order valence-electron chi connectivity index (χ0n) is 14.5. The first-order valence-electron chi connectivity index (χ1n) is 7.93. The van der Waals surface area contributed by atoms with Gasteiger partial charge in [-0.25, -0.2) is 18.2 Å². The van der Waals surface area contributed by atoms with Gasteiger partial charge in [0, 0.05) is 0 Å². The van der Waals surface area contributed by atoms with Crippen molar-refractivity contribution >= 4 is 27.8 Å². The van der Waals surface area contributed by atoms with E-state index in [2.05, 4.69) is 10.5 Å². The van der Waals surface area contributed by atoms with E-state index < -0.39 is 22.5 Å². The Morgan fingerprint density at radius 1 is 1.15 bits per heavy atom. The van der Waals surface area contributed by atoms with Crippen LogP contribution in [0.2, 0.25) is 0 Å². The maximum absolute atomic E-state index is 12.8. The zero-order chi connectivity index (χ0) is 19.2. The Kier molecular flexibility index (Phi) is 6.46. The normalized spacial score (nSPS) is 11.5. The molecule has 0 aliphatic carbocycles. The van der Waals surface area contributed by atoms with E-state index in [0.717, 1.165) is 22.5 Å². The Bertz CT molecular complexity index is 879. The quantitative estimate of drug-likeness (QED) is 0.594. The van der Waals surface area contributed by atoms with Gasteiger partial charge in [0.2, 0.25) is 10.0 Å². The average Bonchev–Trinajstić information content (AvgIpc) is 2.60. The molecule has 8 heteroatoms. The fourth-order valence-corrected chi connectivity index (χ4v) is 3.05. The third-order valence-corrected chi connectivity index (χ3v) is 4.73. The number of hydrogen-bond donors (Lipinski definition) is 1. The molecule has 1 amide bonds. The number of anilines is 1. The molecule has 26 heavy (non-hydrogen) atoms. The molecule has 0 aliphatic heterocycles. The summed E-state index contributed by atoms with van der Waals surface area (Å²) in [6.45, 7) is 1.60. The van der Waals surface area contributed by atoms with Crippen LogP contribution in [-0.4, -0.2) is 33.3 Å². The second kappa shape index (κ2) is 8.57. The van der Waals surface area contributed by atoms with Crippen molar-refractivity contribution in [2.45, 2.75) is 13.3 Å². The van der Waals surface area contributed by atoms with Crippen LogP contribution in [0, 0.1) is 5.82 Å². The van der Waals surface area contributed by atoms with Crippen LogP contribution in [0.25, 0.3) is 0 Å². The number of nitrogens with zero attached hydrogens (tertiary/aromatic N) is 2. The molecule has 138 valence electrons. The number of amides is 1. The second-order valence-electron chi connectivity index (χ2n) is 5.63. The van der Waals surface area contributed by atoms with Crippen LogP contribution in [0.5, 0.6) is 0 Å². The second-order valence-corrected chi connectivity index (χ2v) is 7.54. The number of benzene rings is 2. The fourth-order valence-electron chi connectivity index (χ4n) is 2.19. The van der Waals surface area contributed by atoms with E-state index in [9.17, 15) is 17.6 Å². The minimum absolute atomic E-state index is 0.371. The molecule has 0 fully saturated rings. The Morgan fingerprint density at radius 2 is 1.77 bits per heavy atom. The zero-order valence-corrected chi connectivity index (χ0v) is 15.3. The van der Waals surface area contributed by atoms with Crippen LogP contribution < -0.4 is 9.73 Å². The van der Waals surface area contributed by atoms with Gasteiger partial charge in [-0.15, -0.1) is 0 Å². The number of sulfonamides is 1. The topological polar surface area (TPSA) is 78.8 Å². The number of carbonyl (C=O) groups is 1. The first kappa shape index (κ1) is 19.6. The van der Waals surface area contributed by atoms with Crippen molar-refractivity contribution in [2.24, 2.45) is 5.10 Å². The van der Waals surface area contributed by atoms with Crippen LogP contribution in [-0.2, 0) is 21.2 Å². The van der Waals surface area contributed by atoms with Gasteiger partial charge in [-0.3, -0.25) is 9.10 Å². The molecule has 0 bridgehead atoms. The lowest BCUT2D eigenvalue weighted by Gasteiger charge is -2.21. The maximum atomic E-state index is 12.8. The molecular formula is C18H20FN3O3S. The van der Waals surface area contributed by atoms with Crippen molar-refractivity contribution < 1.29 is 17.6 Å². The average molecular weight is 377 g/mol. The molecule has 0 aromatic heterocycles. The molecule has 0 radical (unpaired) electrons. The molecule has 2 aromatic carbocycles. The van der Waals surface area contributed by atoms with Crippen molar-refractivity contribution in [3.8, 4) is 0 Å². The van der Waals surface area contributed by atoms with Crippen LogP contribution in [0.15, 0.2) is 53.6 Å². The highest BCUT2D eigenvalue weighted by Gasteiger charge is 2.20. The number of hydrazone groups is 1. The van der Waals surface area contributed by atoms with Crippen LogP contribution in [0.4, 0.5) is 10.1 Å². The minimum atomic E-state index is -3.64. The molecule has 2 aromatic rings. The lowest BCUT2D eigenvalue weighted by molar-refractivity contribution is -0.119. The van der Waals surface area contributed by atoms with Crippen molar-refractivity contribution in [2.75, 3.05) is 17.1 Å². The molecule has 0 unspecified atom stereocenters. The van der Waals surface area contributed by atoms with Crippen molar-refractivity contribution in [3.63, 3.8) is 0 Å². The number of aryl methyl sites for hydroxylation is 1. The number of carbonyl (C=O) groups excluding carboxylic acids is 1. The van der Waals surface area contributed by atoms with Crippen molar-refractivity contribution in [3.05, 3.63) is 65.5 Å². The monoisotopic (exact) mass is 377 g/mol. The highest BCUT2D eigenvalue weighted by atomic mass is 32.2. The summed E-state index contributed by atoms with van der Waals surface area (Å²) in [5, 5.41) is 3.76. The van der Waals surface area contributed by atoms with Gasteiger partial charge >= 0.3 is 0 Å². The van der Waals surface area contributed by atoms with Crippen LogP contribution in [0.1, 0.15) is 18.1 Å². The van der Waals surface area contributed by atoms with Crippen molar-refractivity contribution in [1.29, 1.82) is 0 Å². The summed E-state index contributed by atoms with van der Waals surface area (Å²) in [5.74, 6) is -0.961. The fraction of sp³-hybridized carbons (Fsp3) is 0.222. The Labute approximate surface area is 152 Å². The first-order valence-corrected chi connectivity index (χ1v) is 9.78. The van der Waals surface area contributed by atoms with Crippen LogP contribution >= 0.6 is 0 Å². The van der Waals surface area contributed by atoms with Gasteiger partial charge in [0.05, 0.1) is 18.2 Å². The van der Waals surface area contributed by atoms with Gasteiger partial charge in [-0.2, -0.15) is 5.10 Å². The van der Waals surface area contributed by atoms with E-state index in [0.29, 0.717) is 11.3 Å². The van der Waals surface area contributed by atoms with Gasteiger partial charge in [0.25, 0.3) is 5.91 Å². The third-order valence-electron chi connectivity index (χ3n) is 3.59. The smallest absolute Gasteiger partial charge is 0.260 e. The molecule has 6 nitrogen and oxygen atoms in total. The predicted octanol–water partition coefficient (Wildman–Crippen LogP) is 2.30. The van der Waals surface area contributed by atoms with E-state index in [1.54, 1.807) is 12.1 Å². The molecular weight excluding hydrogens is 357 g/mol. The largest absolute Gasteiger partial charge is 0.271 e. The lowest BCUT2D eigenvalue weighted by Crippen LogP contribution is -2.39. The van der Waals surface area contributed by atoms with E-state index in [1.807, 2.05) is 19.1 Å². The molecule has 0 spiro atoms. The summed E-state index contributed by atoms with van der Waals surface area (Å²) >= 11 is 0. The highest BCUT2D eigenvalue weighted by molar-refractivity contribution is 7.92. The Balaban J connectivity index is 2.05. The number of rotatable bonds is 7. The summed E-state index contributed by atoms with van der Waals surface area (Å²) in [6.07, 6.45) is 3.21. The summed E-state index contributed by atoms with van der Waals surface area (Å²) in [4.78, 5) is 12.0. The molecule has 1 N–H and O–H groups in total. The van der Waals surface area contributed by atoms with E-state index in [-0.39, 0.29) is 5.82 Å². The van der Waals surface area contributed by atoms with Gasteiger partial charge in [-0.05, 0) is 41.8 Å².